The van der Waals surface area contributed by atoms with E-state index in [2.05, 4.69) is 20.2 Å². The van der Waals surface area contributed by atoms with Crippen LogP contribution in [0.5, 0.6) is 0 Å². The molecule has 0 spiro atoms. The molecule has 0 atom stereocenters. The van der Waals surface area contributed by atoms with Gasteiger partial charge in [0.05, 0.1) is 6.10 Å². The van der Waals surface area contributed by atoms with Crippen molar-refractivity contribution < 1.29 is 5.11 Å². The normalized spacial score (nSPS) is 28.6. The van der Waals surface area contributed by atoms with Crippen LogP contribution in [0.25, 0.3) is 0 Å². The summed E-state index contributed by atoms with van der Waals surface area (Å²) in [6.07, 6.45) is 9.98. The van der Waals surface area contributed by atoms with E-state index in [1.54, 1.807) is 12.4 Å². The molecular weight excluding hydrogens is 252 g/mol. The molecule has 1 saturated carbocycles. The Labute approximate surface area is 120 Å². The zero-order valence-corrected chi connectivity index (χ0v) is 11.9. The van der Waals surface area contributed by atoms with Crippen LogP contribution in [-0.4, -0.2) is 46.4 Å². The van der Waals surface area contributed by atoms with Crippen molar-refractivity contribution in [1.82, 2.24) is 15.3 Å². The highest BCUT2D eigenvalue weighted by Gasteiger charge is 2.25. The van der Waals surface area contributed by atoms with E-state index in [4.69, 9.17) is 0 Å². The number of aliphatic hydroxyl groups is 1. The average molecular weight is 276 g/mol. The lowest BCUT2D eigenvalue weighted by Gasteiger charge is -2.36. The number of nitrogens with zero attached hydrogens (tertiary/aromatic N) is 3. The Bertz CT molecular complexity index is 398. The highest BCUT2D eigenvalue weighted by atomic mass is 16.3. The van der Waals surface area contributed by atoms with Gasteiger partial charge in [0.25, 0.3) is 0 Å². The Morgan fingerprint density at radius 3 is 2.20 bits per heavy atom. The lowest BCUT2D eigenvalue weighted by molar-refractivity contribution is 0.113. The number of piperidine rings is 1. The number of aromatic nitrogens is 2. The number of nitrogens with one attached hydrogen (secondary N) is 1. The van der Waals surface area contributed by atoms with E-state index in [0.29, 0.717) is 12.1 Å². The number of aliphatic hydroxyl groups excluding tert-OH is 1. The van der Waals surface area contributed by atoms with Gasteiger partial charge in [-0.1, -0.05) is 0 Å². The van der Waals surface area contributed by atoms with Gasteiger partial charge < -0.3 is 15.3 Å². The second-order valence-corrected chi connectivity index (χ2v) is 5.98. The van der Waals surface area contributed by atoms with Gasteiger partial charge in [0, 0.05) is 37.6 Å². The maximum Gasteiger partial charge on any atom is 0.225 e. The minimum atomic E-state index is -0.0647. The van der Waals surface area contributed by atoms with Crippen LogP contribution < -0.4 is 10.2 Å². The molecule has 5 nitrogen and oxygen atoms in total. The molecule has 2 fully saturated rings. The molecule has 1 aromatic heterocycles. The smallest absolute Gasteiger partial charge is 0.225 e. The predicted molar refractivity (Wildman–Crippen MR) is 78.7 cm³/mol. The van der Waals surface area contributed by atoms with Crippen LogP contribution >= 0.6 is 0 Å². The van der Waals surface area contributed by atoms with Crippen molar-refractivity contribution in [3.63, 3.8) is 0 Å². The lowest BCUT2D eigenvalue weighted by atomic mass is 9.91. The molecule has 5 heteroatoms. The highest BCUT2D eigenvalue weighted by Crippen LogP contribution is 2.21. The summed E-state index contributed by atoms with van der Waals surface area (Å²) >= 11 is 0. The summed E-state index contributed by atoms with van der Waals surface area (Å²) in [5.74, 6) is 0.853. The predicted octanol–water partition coefficient (Wildman–Crippen LogP) is 1.34. The molecule has 0 aromatic carbocycles. The summed E-state index contributed by atoms with van der Waals surface area (Å²) in [6, 6.07) is 3.06. The van der Waals surface area contributed by atoms with Crippen LogP contribution in [-0.2, 0) is 0 Å². The summed E-state index contributed by atoms with van der Waals surface area (Å²) in [6.45, 7) is 2.05. The van der Waals surface area contributed by atoms with E-state index in [1.807, 2.05) is 6.07 Å². The number of anilines is 1. The summed E-state index contributed by atoms with van der Waals surface area (Å²) in [4.78, 5) is 10.9. The fraction of sp³-hybridized carbons (Fsp3) is 0.733. The monoisotopic (exact) mass is 276 g/mol. The van der Waals surface area contributed by atoms with E-state index in [1.165, 1.54) is 0 Å². The number of hydrogen-bond acceptors (Lipinski definition) is 5. The summed E-state index contributed by atoms with van der Waals surface area (Å²) < 4.78 is 0. The topological polar surface area (TPSA) is 61.3 Å². The Hall–Kier alpha value is -1.20. The summed E-state index contributed by atoms with van der Waals surface area (Å²) in [5, 5.41) is 13.3. The zero-order chi connectivity index (χ0) is 13.8. The van der Waals surface area contributed by atoms with Crippen molar-refractivity contribution >= 4 is 5.95 Å². The molecule has 20 heavy (non-hydrogen) atoms. The first-order valence-corrected chi connectivity index (χ1v) is 7.77. The van der Waals surface area contributed by atoms with Crippen LogP contribution in [0, 0.1) is 0 Å². The molecule has 0 radical (unpaired) electrons. The van der Waals surface area contributed by atoms with Gasteiger partial charge in [-0.05, 0) is 44.6 Å². The highest BCUT2D eigenvalue weighted by molar-refractivity contribution is 5.29. The van der Waals surface area contributed by atoms with Crippen LogP contribution in [0.1, 0.15) is 38.5 Å². The molecule has 1 aliphatic carbocycles. The molecule has 110 valence electrons. The third kappa shape index (κ3) is 3.46. The molecule has 0 unspecified atom stereocenters. The maximum atomic E-state index is 9.55. The molecule has 3 rings (SSSR count). The zero-order valence-electron chi connectivity index (χ0n) is 11.9. The van der Waals surface area contributed by atoms with E-state index >= 15 is 0 Å². The molecular formula is C15H24N4O. The minimum absolute atomic E-state index is 0.0647. The van der Waals surface area contributed by atoms with Crippen LogP contribution in [0.3, 0.4) is 0 Å². The van der Waals surface area contributed by atoms with E-state index in [9.17, 15) is 5.11 Å². The van der Waals surface area contributed by atoms with Gasteiger partial charge in [-0.25, -0.2) is 9.97 Å². The first-order chi connectivity index (χ1) is 9.81. The summed E-state index contributed by atoms with van der Waals surface area (Å²) in [7, 11) is 0. The second-order valence-electron chi connectivity index (χ2n) is 5.98. The maximum absolute atomic E-state index is 9.55. The molecule has 0 bridgehead atoms. The molecule has 1 saturated heterocycles. The molecule has 2 N–H and O–H groups in total. The van der Waals surface area contributed by atoms with Gasteiger partial charge in [0.2, 0.25) is 5.95 Å². The van der Waals surface area contributed by atoms with E-state index < -0.39 is 0 Å². The largest absolute Gasteiger partial charge is 0.393 e. The van der Waals surface area contributed by atoms with Crippen molar-refractivity contribution in [3.8, 4) is 0 Å². The molecule has 0 amide bonds. The van der Waals surface area contributed by atoms with Crippen molar-refractivity contribution in [1.29, 1.82) is 0 Å². The lowest BCUT2D eigenvalue weighted by Crippen LogP contribution is -2.47. The van der Waals surface area contributed by atoms with Gasteiger partial charge >= 0.3 is 0 Å². The standard InChI is InChI=1S/C15H24N4O/c20-14-4-2-12(3-5-14)18-13-6-10-19(11-7-13)15-16-8-1-9-17-15/h1,8-9,12-14,18,20H,2-7,10-11H2. The van der Waals surface area contributed by atoms with E-state index in [0.717, 1.165) is 57.6 Å². The van der Waals surface area contributed by atoms with Crippen molar-refractivity contribution in [2.75, 3.05) is 18.0 Å². The van der Waals surface area contributed by atoms with E-state index in [-0.39, 0.29) is 6.10 Å². The third-order valence-corrected chi connectivity index (χ3v) is 4.50. The quantitative estimate of drug-likeness (QED) is 0.872. The molecule has 2 heterocycles. The van der Waals surface area contributed by atoms with Crippen LogP contribution in [0.4, 0.5) is 5.95 Å². The molecule has 1 aliphatic heterocycles. The molecule has 2 aliphatic rings. The summed E-state index contributed by atoms with van der Waals surface area (Å²) in [5.41, 5.74) is 0. The number of hydrogen-bond donors (Lipinski definition) is 2. The van der Waals surface area contributed by atoms with Crippen molar-refractivity contribution in [2.24, 2.45) is 0 Å². The first-order valence-electron chi connectivity index (χ1n) is 7.77. The van der Waals surface area contributed by atoms with Crippen LogP contribution in [0.2, 0.25) is 0 Å². The van der Waals surface area contributed by atoms with Gasteiger partial charge in [-0.15, -0.1) is 0 Å². The SMILES string of the molecule is OC1CCC(NC2CCN(c3ncccn3)CC2)CC1. The fourth-order valence-corrected chi connectivity index (χ4v) is 3.28. The van der Waals surface area contributed by atoms with Gasteiger partial charge in [0.15, 0.2) is 0 Å². The van der Waals surface area contributed by atoms with Crippen LogP contribution in [0.15, 0.2) is 18.5 Å². The van der Waals surface area contributed by atoms with Gasteiger partial charge in [0.1, 0.15) is 0 Å². The Balaban J connectivity index is 1.44. The van der Waals surface area contributed by atoms with Gasteiger partial charge in [-0.2, -0.15) is 0 Å². The second kappa shape index (κ2) is 6.50. The van der Waals surface area contributed by atoms with Crippen molar-refractivity contribution in [2.45, 2.75) is 56.7 Å². The van der Waals surface area contributed by atoms with Crippen molar-refractivity contribution in [3.05, 3.63) is 18.5 Å². The first kappa shape index (κ1) is 13.8. The fourth-order valence-electron chi connectivity index (χ4n) is 3.28. The number of rotatable bonds is 3. The Morgan fingerprint density at radius 2 is 1.55 bits per heavy atom. The third-order valence-electron chi connectivity index (χ3n) is 4.50. The van der Waals surface area contributed by atoms with Gasteiger partial charge in [-0.3, -0.25) is 0 Å². The Morgan fingerprint density at radius 1 is 0.950 bits per heavy atom. The Kier molecular flexibility index (Phi) is 4.47. The minimum Gasteiger partial charge on any atom is -0.393 e. The molecule has 1 aromatic rings. The average Bonchev–Trinajstić information content (AvgIpc) is 2.51.